The first-order valence-corrected chi connectivity index (χ1v) is 11.5. The van der Waals surface area contributed by atoms with Gasteiger partial charge in [0.1, 0.15) is 10.7 Å². The average molecular weight is 489 g/mol. The first kappa shape index (κ1) is 21.8. The fraction of sp³-hybridized carbons (Fsp3) is 0.0400. The van der Waals surface area contributed by atoms with Gasteiger partial charge >= 0.3 is 6.03 Å². The summed E-state index contributed by atoms with van der Waals surface area (Å²) in [5.74, 6) is -1.28. The topological polar surface area (TPSA) is 91.4 Å². The summed E-state index contributed by atoms with van der Waals surface area (Å²) in [5.41, 5.74) is 3.00. The predicted molar refractivity (Wildman–Crippen MR) is 129 cm³/mol. The molecule has 0 saturated carbocycles. The highest BCUT2D eigenvalue weighted by Crippen LogP contribution is 2.35. The zero-order valence-corrected chi connectivity index (χ0v) is 19.1. The van der Waals surface area contributed by atoms with Crippen molar-refractivity contribution in [1.82, 2.24) is 20.7 Å². The molecule has 1 aliphatic heterocycles. The molecule has 1 aliphatic rings. The summed E-state index contributed by atoms with van der Waals surface area (Å²) in [6.45, 7) is 0. The minimum Gasteiger partial charge on any atom is -0.314 e. The Labute approximate surface area is 204 Å². The van der Waals surface area contributed by atoms with Crippen LogP contribution in [-0.2, 0) is 10.3 Å². The second-order valence-corrected chi connectivity index (χ2v) is 8.83. The predicted octanol–water partition coefficient (Wildman–Crippen LogP) is 4.60. The van der Waals surface area contributed by atoms with Gasteiger partial charge in [0.2, 0.25) is 0 Å². The molecule has 1 aromatic heterocycles. The van der Waals surface area contributed by atoms with E-state index in [2.05, 4.69) is 15.7 Å². The number of aromatic nitrogens is 1. The normalized spacial score (nSPS) is 14.7. The van der Waals surface area contributed by atoms with Crippen molar-refractivity contribution in [2.24, 2.45) is 0 Å². The van der Waals surface area contributed by atoms with Gasteiger partial charge in [0.05, 0.1) is 0 Å². The molecule has 1 fully saturated rings. The van der Waals surface area contributed by atoms with Gasteiger partial charge in [-0.3, -0.25) is 15.0 Å². The Morgan fingerprint density at radius 3 is 2.09 bits per heavy atom. The summed E-state index contributed by atoms with van der Waals surface area (Å²) in [6.07, 6.45) is 0. The zero-order valence-electron chi connectivity index (χ0n) is 17.6. The van der Waals surface area contributed by atoms with E-state index in [1.54, 1.807) is 78.2 Å². The third-order valence-corrected chi connectivity index (χ3v) is 6.62. The van der Waals surface area contributed by atoms with Crippen molar-refractivity contribution in [3.05, 3.63) is 112 Å². The van der Waals surface area contributed by atoms with E-state index < -0.39 is 23.4 Å². The van der Waals surface area contributed by atoms with E-state index in [1.807, 2.05) is 12.1 Å². The second kappa shape index (κ2) is 8.74. The first-order chi connectivity index (χ1) is 16.5. The molecule has 4 aromatic rings. The Morgan fingerprint density at radius 2 is 1.50 bits per heavy atom. The molecule has 2 heterocycles. The summed E-state index contributed by atoms with van der Waals surface area (Å²) >= 11 is 7.20. The van der Waals surface area contributed by atoms with Crippen LogP contribution in [0.4, 0.5) is 4.79 Å². The highest BCUT2D eigenvalue weighted by atomic mass is 35.5. The van der Waals surface area contributed by atoms with Crippen LogP contribution < -0.4 is 10.7 Å². The maximum atomic E-state index is 13.7. The third kappa shape index (κ3) is 3.72. The number of carbonyl (C=O) groups excluding carboxylic acids is 3. The number of amides is 4. The lowest BCUT2D eigenvalue weighted by molar-refractivity contribution is -0.131. The van der Waals surface area contributed by atoms with Crippen molar-refractivity contribution >= 4 is 40.8 Å². The molecule has 0 radical (unpaired) electrons. The monoisotopic (exact) mass is 488 g/mol. The Morgan fingerprint density at radius 1 is 0.912 bits per heavy atom. The number of benzene rings is 3. The van der Waals surface area contributed by atoms with E-state index in [-0.39, 0.29) is 5.69 Å². The van der Waals surface area contributed by atoms with E-state index in [4.69, 9.17) is 11.6 Å². The van der Waals surface area contributed by atoms with Crippen LogP contribution in [0, 0.1) is 0 Å². The molecule has 0 aliphatic carbocycles. The highest BCUT2D eigenvalue weighted by Gasteiger charge is 2.54. The SMILES string of the molecule is O=C(NN1C(=O)NC(c2ccccc2)(c2ccccc2)C1=O)c1csc(-c2ccc(Cl)cc2)n1. The molecule has 168 valence electrons. The number of halogens is 1. The number of urea groups is 1. The van der Waals surface area contributed by atoms with Crippen LogP contribution in [0.15, 0.2) is 90.3 Å². The average Bonchev–Trinajstić information content (AvgIpc) is 3.46. The summed E-state index contributed by atoms with van der Waals surface area (Å²) in [7, 11) is 0. The molecule has 1 saturated heterocycles. The number of nitrogens with one attached hydrogen (secondary N) is 2. The summed E-state index contributed by atoms with van der Waals surface area (Å²) < 4.78 is 0. The number of thiazole rings is 1. The molecule has 9 heteroatoms. The minimum absolute atomic E-state index is 0.0903. The van der Waals surface area contributed by atoms with Gasteiger partial charge in [-0.2, -0.15) is 5.01 Å². The van der Waals surface area contributed by atoms with Crippen LogP contribution in [0.3, 0.4) is 0 Å². The fourth-order valence-corrected chi connectivity index (χ4v) is 4.76. The molecule has 0 atom stereocenters. The number of hydrogen-bond donors (Lipinski definition) is 2. The van der Waals surface area contributed by atoms with Gasteiger partial charge in [0.25, 0.3) is 11.8 Å². The fourth-order valence-electron chi connectivity index (χ4n) is 3.83. The molecular formula is C25H17ClN4O3S. The molecule has 0 spiro atoms. The molecule has 34 heavy (non-hydrogen) atoms. The number of imide groups is 1. The van der Waals surface area contributed by atoms with Crippen molar-refractivity contribution in [3.63, 3.8) is 0 Å². The quantitative estimate of drug-likeness (QED) is 0.401. The third-order valence-electron chi connectivity index (χ3n) is 5.48. The first-order valence-electron chi connectivity index (χ1n) is 10.3. The van der Waals surface area contributed by atoms with E-state index in [9.17, 15) is 14.4 Å². The van der Waals surface area contributed by atoms with Crippen LogP contribution in [-0.4, -0.2) is 27.8 Å². The molecule has 0 bridgehead atoms. The smallest absolute Gasteiger partial charge is 0.314 e. The molecule has 2 N–H and O–H groups in total. The summed E-state index contributed by atoms with van der Waals surface area (Å²) in [6, 6.07) is 24.2. The summed E-state index contributed by atoms with van der Waals surface area (Å²) in [5, 5.41) is 6.27. The lowest BCUT2D eigenvalue weighted by atomic mass is 9.83. The van der Waals surface area contributed by atoms with Crippen LogP contribution in [0.25, 0.3) is 10.6 Å². The number of carbonyl (C=O) groups is 3. The summed E-state index contributed by atoms with van der Waals surface area (Å²) in [4.78, 5) is 43.8. The maximum absolute atomic E-state index is 13.7. The van der Waals surface area contributed by atoms with E-state index >= 15 is 0 Å². The second-order valence-electron chi connectivity index (χ2n) is 7.54. The van der Waals surface area contributed by atoms with Crippen LogP contribution in [0.1, 0.15) is 21.6 Å². The Balaban J connectivity index is 1.44. The maximum Gasteiger partial charge on any atom is 0.344 e. The number of hydrogen-bond acceptors (Lipinski definition) is 5. The van der Waals surface area contributed by atoms with Crippen molar-refractivity contribution in [3.8, 4) is 10.6 Å². The lowest BCUT2D eigenvalue weighted by Crippen LogP contribution is -2.49. The number of hydrazine groups is 1. The van der Waals surface area contributed by atoms with Gasteiger partial charge in [-0.1, -0.05) is 84.4 Å². The Hall–Kier alpha value is -4.01. The molecule has 7 nitrogen and oxygen atoms in total. The largest absolute Gasteiger partial charge is 0.344 e. The zero-order chi connectivity index (χ0) is 23.7. The number of rotatable bonds is 5. The van der Waals surface area contributed by atoms with Crippen molar-refractivity contribution in [1.29, 1.82) is 0 Å². The molecule has 3 aromatic carbocycles. The van der Waals surface area contributed by atoms with Gasteiger partial charge in [-0.25, -0.2) is 9.78 Å². The molecular weight excluding hydrogens is 472 g/mol. The van der Waals surface area contributed by atoms with E-state index in [1.165, 1.54) is 11.3 Å². The Kier molecular flexibility index (Phi) is 5.61. The van der Waals surface area contributed by atoms with Gasteiger partial charge in [-0.15, -0.1) is 11.3 Å². The van der Waals surface area contributed by atoms with Crippen molar-refractivity contribution in [2.45, 2.75) is 5.54 Å². The van der Waals surface area contributed by atoms with Gasteiger partial charge in [0.15, 0.2) is 5.54 Å². The Bertz CT molecular complexity index is 1330. The lowest BCUT2D eigenvalue weighted by Gasteiger charge is -2.27. The minimum atomic E-state index is -1.47. The number of nitrogens with zero attached hydrogens (tertiary/aromatic N) is 2. The van der Waals surface area contributed by atoms with E-state index in [0.29, 0.717) is 26.2 Å². The van der Waals surface area contributed by atoms with Crippen LogP contribution in [0.2, 0.25) is 5.02 Å². The van der Waals surface area contributed by atoms with Crippen molar-refractivity contribution < 1.29 is 14.4 Å². The van der Waals surface area contributed by atoms with Gasteiger partial charge in [-0.05, 0) is 23.3 Å². The highest BCUT2D eigenvalue weighted by molar-refractivity contribution is 7.13. The van der Waals surface area contributed by atoms with E-state index in [0.717, 1.165) is 5.56 Å². The van der Waals surface area contributed by atoms with Crippen LogP contribution in [0.5, 0.6) is 0 Å². The molecule has 4 amide bonds. The molecule has 0 unspecified atom stereocenters. The standard InChI is InChI=1S/C25H17ClN4O3S/c26-19-13-11-16(12-14-19)22-27-20(15-34-22)21(31)29-30-23(32)25(28-24(30)33,17-7-3-1-4-8-17)18-9-5-2-6-10-18/h1-15H,(H,28,33)(H,29,31). The van der Waals surface area contributed by atoms with Crippen LogP contribution >= 0.6 is 22.9 Å². The van der Waals surface area contributed by atoms with Crippen molar-refractivity contribution in [2.75, 3.05) is 0 Å². The van der Waals surface area contributed by atoms with Gasteiger partial charge < -0.3 is 5.32 Å². The van der Waals surface area contributed by atoms with Gasteiger partial charge in [0, 0.05) is 16.0 Å². The molecule has 5 rings (SSSR count).